The lowest BCUT2D eigenvalue weighted by atomic mass is 10.00. The predicted molar refractivity (Wildman–Crippen MR) is 84.7 cm³/mol. The van der Waals surface area contributed by atoms with Crippen molar-refractivity contribution in [2.24, 2.45) is 0 Å². The second kappa shape index (κ2) is 4.70. The van der Waals surface area contributed by atoms with Gasteiger partial charge in [0.15, 0.2) is 0 Å². The Bertz CT molecular complexity index is 903. The number of benzene rings is 2. The molecule has 0 atom stereocenters. The van der Waals surface area contributed by atoms with Crippen molar-refractivity contribution in [3.8, 4) is 0 Å². The van der Waals surface area contributed by atoms with Gasteiger partial charge in [0, 0.05) is 10.9 Å². The average molecular weight is 288 g/mol. The number of aromatic amines is 1. The van der Waals surface area contributed by atoms with E-state index in [0.29, 0.717) is 16.8 Å². The molecule has 0 spiro atoms. The van der Waals surface area contributed by atoms with Gasteiger partial charge >= 0.3 is 0 Å². The van der Waals surface area contributed by atoms with Crippen LogP contribution in [-0.4, -0.2) is 16.8 Å². The Morgan fingerprint density at radius 2 is 1.41 bits per heavy atom. The summed E-state index contributed by atoms with van der Waals surface area (Å²) in [5.41, 5.74) is 3.14. The molecule has 0 saturated carbocycles. The van der Waals surface area contributed by atoms with Gasteiger partial charge in [0.05, 0.1) is 16.8 Å². The molecule has 0 bridgehead atoms. The number of hydrogen-bond donors (Lipinski definition) is 2. The molecule has 22 heavy (non-hydrogen) atoms. The molecule has 4 rings (SSSR count). The Hall–Kier alpha value is -3.14. The van der Waals surface area contributed by atoms with Gasteiger partial charge in [0.2, 0.25) is 0 Å². The van der Waals surface area contributed by atoms with Crippen LogP contribution in [0.1, 0.15) is 11.3 Å². The third-order valence-electron chi connectivity index (χ3n) is 3.79. The fourth-order valence-electron chi connectivity index (χ4n) is 2.80. The van der Waals surface area contributed by atoms with Crippen LogP contribution < -0.4 is 5.32 Å². The van der Waals surface area contributed by atoms with Crippen LogP contribution in [0.15, 0.2) is 60.7 Å². The molecule has 0 saturated heterocycles. The van der Waals surface area contributed by atoms with Crippen LogP contribution in [0.3, 0.4) is 0 Å². The second-order valence-corrected chi connectivity index (χ2v) is 5.17. The van der Waals surface area contributed by atoms with Crippen molar-refractivity contribution in [2.75, 3.05) is 0 Å². The van der Waals surface area contributed by atoms with E-state index in [-0.39, 0.29) is 11.8 Å². The molecular weight excluding hydrogens is 276 g/mol. The van der Waals surface area contributed by atoms with Crippen LogP contribution in [0.2, 0.25) is 0 Å². The monoisotopic (exact) mass is 288 g/mol. The molecule has 0 radical (unpaired) electrons. The van der Waals surface area contributed by atoms with Crippen LogP contribution in [-0.2, 0) is 9.59 Å². The van der Waals surface area contributed by atoms with Crippen LogP contribution in [0, 0.1) is 0 Å². The number of amides is 2. The summed E-state index contributed by atoms with van der Waals surface area (Å²) in [4.78, 5) is 27.6. The van der Waals surface area contributed by atoms with Crippen molar-refractivity contribution < 1.29 is 9.59 Å². The molecule has 2 heterocycles. The average Bonchev–Trinajstić information content (AvgIpc) is 3.08. The van der Waals surface area contributed by atoms with Crippen LogP contribution in [0.5, 0.6) is 0 Å². The number of hydrogen-bond acceptors (Lipinski definition) is 2. The molecule has 0 aliphatic carbocycles. The topological polar surface area (TPSA) is 62.0 Å². The highest BCUT2D eigenvalue weighted by molar-refractivity contribution is 6.49. The Kier molecular flexibility index (Phi) is 2.69. The Morgan fingerprint density at radius 1 is 0.727 bits per heavy atom. The third kappa shape index (κ3) is 1.85. The van der Waals surface area contributed by atoms with E-state index in [1.165, 1.54) is 0 Å². The molecule has 1 aromatic heterocycles. The number of aromatic nitrogens is 1. The Balaban J connectivity index is 1.98. The highest BCUT2D eigenvalue weighted by atomic mass is 16.2. The highest BCUT2D eigenvalue weighted by Gasteiger charge is 2.32. The number of H-pyrrole nitrogens is 1. The number of para-hydroxylation sites is 1. The third-order valence-corrected chi connectivity index (χ3v) is 3.79. The molecule has 0 unspecified atom stereocenters. The quantitative estimate of drug-likeness (QED) is 0.712. The minimum Gasteiger partial charge on any atom is -0.354 e. The molecule has 0 fully saturated rings. The molecule has 1 aliphatic heterocycles. The lowest BCUT2D eigenvalue weighted by Crippen LogP contribution is -2.22. The summed E-state index contributed by atoms with van der Waals surface area (Å²) in [6.07, 6.45) is 0. The lowest BCUT2D eigenvalue weighted by molar-refractivity contribution is -0.122. The molecule has 4 heteroatoms. The predicted octanol–water partition coefficient (Wildman–Crippen LogP) is 2.74. The van der Waals surface area contributed by atoms with Gasteiger partial charge in [-0.2, -0.15) is 0 Å². The van der Waals surface area contributed by atoms with E-state index in [2.05, 4.69) is 10.3 Å². The van der Waals surface area contributed by atoms with Crippen molar-refractivity contribution in [1.29, 1.82) is 0 Å². The van der Waals surface area contributed by atoms with Crippen molar-refractivity contribution in [3.63, 3.8) is 0 Å². The molecular formula is C18H12N2O2. The van der Waals surface area contributed by atoms with E-state index in [1.54, 1.807) is 0 Å². The van der Waals surface area contributed by atoms with Gasteiger partial charge in [-0.3, -0.25) is 14.9 Å². The van der Waals surface area contributed by atoms with Gasteiger partial charge in [-0.05, 0) is 17.7 Å². The van der Waals surface area contributed by atoms with Crippen molar-refractivity contribution >= 4 is 33.9 Å². The number of rotatable bonds is 2. The normalized spacial score (nSPS) is 14.7. The molecule has 2 aromatic carbocycles. The first-order chi connectivity index (χ1) is 10.7. The minimum atomic E-state index is -0.365. The Labute approximate surface area is 126 Å². The van der Waals surface area contributed by atoms with Crippen LogP contribution in [0.25, 0.3) is 22.0 Å². The molecule has 2 amide bonds. The van der Waals surface area contributed by atoms with E-state index in [1.807, 2.05) is 60.7 Å². The molecule has 2 N–H and O–H groups in total. The molecule has 1 aliphatic rings. The number of imide groups is 1. The van der Waals surface area contributed by atoms with E-state index in [0.717, 1.165) is 16.5 Å². The highest BCUT2D eigenvalue weighted by Crippen LogP contribution is 2.32. The SMILES string of the molecule is O=C1NC(=O)C(c2cc3ccccc3[nH]2)=C1c1ccccc1. The summed E-state index contributed by atoms with van der Waals surface area (Å²) < 4.78 is 0. The summed E-state index contributed by atoms with van der Waals surface area (Å²) in [7, 11) is 0. The van der Waals surface area contributed by atoms with Gasteiger partial charge < -0.3 is 4.98 Å². The lowest BCUT2D eigenvalue weighted by Gasteiger charge is -2.02. The minimum absolute atomic E-state index is 0.357. The summed E-state index contributed by atoms with van der Waals surface area (Å²) in [5.74, 6) is -0.722. The maximum absolute atomic E-state index is 12.2. The number of carbonyl (C=O) groups is 2. The van der Waals surface area contributed by atoms with Gasteiger partial charge in [0.1, 0.15) is 0 Å². The van der Waals surface area contributed by atoms with Crippen molar-refractivity contribution in [2.45, 2.75) is 0 Å². The summed E-state index contributed by atoms with van der Waals surface area (Å²) in [5, 5.41) is 3.39. The maximum Gasteiger partial charge on any atom is 0.261 e. The summed E-state index contributed by atoms with van der Waals surface area (Å²) in [6.45, 7) is 0. The zero-order valence-electron chi connectivity index (χ0n) is 11.6. The standard InChI is InChI=1S/C18H12N2O2/c21-17-15(11-6-2-1-3-7-11)16(18(22)20-17)14-10-12-8-4-5-9-13(12)19-14/h1-10,19H,(H,20,21,22). The first kappa shape index (κ1) is 12.6. The molecule has 4 nitrogen and oxygen atoms in total. The van der Waals surface area contributed by atoms with Crippen LogP contribution >= 0.6 is 0 Å². The number of fused-ring (bicyclic) bond motifs is 1. The summed E-state index contributed by atoms with van der Waals surface area (Å²) >= 11 is 0. The van der Waals surface area contributed by atoms with E-state index >= 15 is 0 Å². The van der Waals surface area contributed by atoms with Crippen molar-refractivity contribution in [3.05, 3.63) is 71.9 Å². The number of carbonyl (C=O) groups excluding carboxylic acids is 2. The van der Waals surface area contributed by atoms with Gasteiger partial charge in [-0.15, -0.1) is 0 Å². The number of nitrogens with one attached hydrogen (secondary N) is 2. The second-order valence-electron chi connectivity index (χ2n) is 5.17. The molecule has 3 aromatic rings. The van der Waals surface area contributed by atoms with Crippen molar-refractivity contribution in [1.82, 2.24) is 10.3 Å². The van der Waals surface area contributed by atoms with Gasteiger partial charge in [-0.25, -0.2) is 0 Å². The smallest absolute Gasteiger partial charge is 0.261 e. The van der Waals surface area contributed by atoms with E-state index in [9.17, 15) is 9.59 Å². The zero-order valence-corrected chi connectivity index (χ0v) is 11.6. The largest absolute Gasteiger partial charge is 0.354 e. The van der Waals surface area contributed by atoms with E-state index < -0.39 is 0 Å². The van der Waals surface area contributed by atoms with Gasteiger partial charge in [0.25, 0.3) is 11.8 Å². The summed E-state index contributed by atoms with van der Waals surface area (Å²) in [6, 6.07) is 18.9. The maximum atomic E-state index is 12.2. The van der Waals surface area contributed by atoms with E-state index in [4.69, 9.17) is 0 Å². The van der Waals surface area contributed by atoms with Crippen LogP contribution in [0.4, 0.5) is 0 Å². The fourth-order valence-corrected chi connectivity index (χ4v) is 2.80. The Morgan fingerprint density at radius 3 is 2.18 bits per heavy atom. The first-order valence-corrected chi connectivity index (χ1v) is 6.97. The fraction of sp³-hybridized carbons (Fsp3) is 0. The first-order valence-electron chi connectivity index (χ1n) is 6.97. The zero-order chi connectivity index (χ0) is 15.1. The molecule has 106 valence electrons. The van der Waals surface area contributed by atoms with Gasteiger partial charge in [-0.1, -0.05) is 48.5 Å².